The van der Waals surface area contributed by atoms with Crippen LogP contribution in [0.1, 0.15) is 26.5 Å². The lowest BCUT2D eigenvalue weighted by Gasteiger charge is -2.20. The number of thiazole rings is 1. The van der Waals surface area contributed by atoms with Crippen molar-refractivity contribution >= 4 is 46.3 Å². The lowest BCUT2D eigenvalue weighted by molar-refractivity contribution is -0.115. The zero-order chi connectivity index (χ0) is 22.6. The Morgan fingerprint density at radius 2 is 1.90 bits per heavy atom. The maximum Gasteiger partial charge on any atom is 0.412 e. The van der Waals surface area contributed by atoms with Gasteiger partial charge in [-0.1, -0.05) is 29.8 Å². The maximum atomic E-state index is 14.0. The van der Waals surface area contributed by atoms with Gasteiger partial charge in [0.2, 0.25) is 5.91 Å². The van der Waals surface area contributed by atoms with Gasteiger partial charge in [-0.05, 0) is 45.0 Å². The van der Waals surface area contributed by atoms with Crippen LogP contribution in [0, 0.1) is 5.82 Å². The Kier molecular flexibility index (Phi) is 6.92. The van der Waals surface area contributed by atoms with Crippen molar-refractivity contribution in [3.8, 4) is 10.6 Å². The second kappa shape index (κ2) is 9.45. The summed E-state index contributed by atoms with van der Waals surface area (Å²) in [6.45, 7) is 5.11. The average Bonchev–Trinajstić information content (AvgIpc) is 3.11. The lowest BCUT2D eigenvalue weighted by atomic mass is 10.2. The molecule has 9 heteroatoms. The highest BCUT2D eigenvalue weighted by Gasteiger charge is 2.18. The van der Waals surface area contributed by atoms with Crippen LogP contribution in [0.4, 0.5) is 20.6 Å². The highest BCUT2D eigenvalue weighted by molar-refractivity contribution is 7.13. The van der Waals surface area contributed by atoms with E-state index in [1.165, 1.54) is 23.5 Å². The van der Waals surface area contributed by atoms with Crippen molar-refractivity contribution in [2.45, 2.75) is 32.8 Å². The SMILES string of the molecule is CC(C)(C)OC(=O)Nc1cc(NC(=O)Cc2csc(-c3ccccc3Cl)n2)ccc1F. The Morgan fingerprint density at radius 1 is 1.16 bits per heavy atom. The van der Waals surface area contributed by atoms with Gasteiger partial charge in [-0.3, -0.25) is 10.1 Å². The van der Waals surface area contributed by atoms with Gasteiger partial charge < -0.3 is 10.1 Å². The molecule has 2 aromatic carbocycles. The molecule has 0 bridgehead atoms. The van der Waals surface area contributed by atoms with E-state index >= 15 is 0 Å². The molecule has 0 aliphatic rings. The van der Waals surface area contributed by atoms with E-state index in [2.05, 4.69) is 15.6 Å². The summed E-state index contributed by atoms with van der Waals surface area (Å²) in [6, 6.07) is 11.2. The van der Waals surface area contributed by atoms with Crippen LogP contribution in [0.2, 0.25) is 5.02 Å². The van der Waals surface area contributed by atoms with Crippen LogP contribution in [0.25, 0.3) is 10.6 Å². The second-order valence-electron chi connectivity index (χ2n) is 7.67. The molecule has 31 heavy (non-hydrogen) atoms. The summed E-state index contributed by atoms with van der Waals surface area (Å²) in [6.07, 6.45) is -0.753. The number of amides is 2. The van der Waals surface area contributed by atoms with Crippen molar-refractivity contribution in [2.24, 2.45) is 0 Å². The molecule has 1 heterocycles. The van der Waals surface area contributed by atoms with Crippen molar-refractivity contribution in [2.75, 3.05) is 10.6 Å². The number of nitrogens with zero attached hydrogens (tertiary/aromatic N) is 1. The molecular formula is C22H21ClFN3O3S. The van der Waals surface area contributed by atoms with Gasteiger partial charge >= 0.3 is 6.09 Å². The molecule has 0 aliphatic carbocycles. The number of halogens is 2. The van der Waals surface area contributed by atoms with Gasteiger partial charge in [0.1, 0.15) is 16.4 Å². The smallest absolute Gasteiger partial charge is 0.412 e. The van der Waals surface area contributed by atoms with E-state index in [0.29, 0.717) is 16.4 Å². The Bertz CT molecular complexity index is 1110. The van der Waals surface area contributed by atoms with Gasteiger partial charge in [0.25, 0.3) is 0 Å². The number of anilines is 2. The van der Waals surface area contributed by atoms with Gasteiger partial charge in [0.05, 0.1) is 22.8 Å². The molecule has 0 fully saturated rings. The molecule has 1 aromatic heterocycles. The van der Waals surface area contributed by atoms with Crippen molar-refractivity contribution in [1.82, 2.24) is 4.98 Å². The van der Waals surface area contributed by atoms with E-state index in [1.807, 2.05) is 18.2 Å². The van der Waals surface area contributed by atoms with Crippen molar-refractivity contribution in [3.05, 3.63) is 64.4 Å². The Morgan fingerprint density at radius 3 is 2.61 bits per heavy atom. The molecule has 2 N–H and O–H groups in total. The van der Waals surface area contributed by atoms with E-state index in [1.54, 1.807) is 32.2 Å². The van der Waals surface area contributed by atoms with E-state index in [9.17, 15) is 14.0 Å². The maximum absolute atomic E-state index is 14.0. The molecule has 2 amide bonds. The third-order valence-corrected chi connectivity index (χ3v) is 5.14. The predicted octanol–water partition coefficient (Wildman–Crippen LogP) is 6.13. The molecule has 6 nitrogen and oxygen atoms in total. The Balaban J connectivity index is 1.65. The fourth-order valence-electron chi connectivity index (χ4n) is 2.63. The van der Waals surface area contributed by atoms with Crippen LogP contribution in [-0.2, 0) is 16.0 Å². The average molecular weight is 462 g/mol. The summed E-state index contributed by atoms with van der Waals surface area (Å²) in [4.78, 5) is 28.8. The minimum atomic E-state index is -0.788. The molecule has 0 spiro atoms. The van der Waals surface area contributed by atoms with Gasteiger partial charge in [-0.2, -0.15) is 0 Å². The minimum Gasteiger partial charge on any atom is -0.444 e. The third-order valence-electron chi connectivity index (χ3n) is 3.88. The summed E-state index contributed by atoms with van der Waals surface area (Å²) < 4.78 is 19.2. The van der Waals surface area contributed by atoms with Gasteiger partial charge in [-0.25, -0.2) is 14.2 Å². The van der Waals surface area contributed by atoms with E-state index in [4.69, 9.17) is 16.3 Å². The fourth-order valence-corrected chi connectivity index (χ4v) is 3.77. The topological polar surface area (TPSA) is 80.3 Å². The van der Waals surface area contributed by atoms with Crippen LogP contribution in [-0.4, -0.2) is 22.6 Å². The van der Waals surface area contributed by atoms with Gasteiger partial charge in [0.15, 0.2) is 0 Å². The van der Waals surface area contributed by atoms with E-state index in [-0.39, 0.29) is 18.0 Å². The summed E-state index contributed by atoms with van der Waals surface area (Å²) in [5, 5.41) is 8.13. The van der Waals surface area contributed by atoms with E-state index < -0.39 is 17.5 Å². The quantitative estimate of drug-likeness (QED) is 0.479. The van der Waals surface area contributed by atoms with Gasteiger partial charge in [0, 0.05) is 16.6 Å². The highest BCUT2D eigenvalue weighted by Crippen LogP contribution is 2.30. The monoisotopic (exact) mass is 461 g/mol. The summed E-state index contributed by atoms with van der Waals surface area (Å²) in [5.41, 5.74) is 0.910. The molecule has 162 valence electrons. The molecule has 0 atom stereocenters. The number of rotatable bonds is 5. The first-order valence-electron chi connectivity index (χ1n) is 9.39. The van der Waals surface area contributed by atoms with E-state index in [0.717, 1.165) is 16.6 Å². The number of carbonyl (C=O) groups excluding carboxylic acids is 2. The number of ether oxygens (including phenoxy) is 1. The number of hydrogen-bond donors (Lipinski definition) is 2. The number of carbonyl (C=O) groups is 2. The number of aromatic nitrogens is 1. The molecule has 0 aliphatic heterocycles. The molecule has 0 saturated heterocycles. The Hall–Kier alpha value is -2.97. The Labute approximate surface area is 188 Å². The first-order valence-corrected chi connectivity index (χ1v) is 10.7. The first kappa shape index (κ1) is 22.7. The number of nitrogens with one attached hydrogen (secondary N) is 2. The standard InChI is InChI=1S/C22H21ClFN3O3S/c1-22(2,3)30-21(29)27-18-10-13(8-9-17(18)24)25-19(28)11-14-12-31-20(26-14)15-6-4-5-7-16(15)23/h4-10,12H,11H2,1-3H3,(H,25,28)(H,27,29). The van der Waals surface area contributed by atoms with Crippen molar-refractivity contribution < 1.29 is 18.7 Å². The second-order valence-corrected chi connectivity index (χ2v) is 8.94. The molecule has 3 aromatic rings. The van der Waals surface area contributed by atoms with Crippen LogP contribution in [0.5, 0.6) is 0 Å². The van der Waals surface area contributed by atoms with Crippen LogP contribution in [0.3, 0.4) is 0 Å². The van der Waals surface area contributed by atoms with Crippen LogP contribution < -0.4 is 10.6 Å². The largest absolute Gasteiger partial charge is 0.444 e. The summed E-state index contributed by atoms with van der Waals surface area (Å²) >= 11 is 7.59. The summed E-state index contributed by atoms with van der Waals surface area (Å²) in [7, 11) is 0. The molecule has 0 radical (unpaired) electrons. The minimum absolute atomic E-state index is 0.0349. The predicted molar refractivity (Wildman–Crippen MR) is 121 cm³/mol. The van der Waals surface area contributed by atoms with Crippen LogP contribution in [0.15, 0.2) is 47.8 Å². The summed E-state index contributed by atoms with van der Waals surface area (Å²) in [5.74, 6) is -0.974. The highest BCUT2D eigenvalue weighted by atomic mass is 35.5. The fraction of sp³-hybridized carbons (Fsp3) is 0.227. The van der Waals surface area contributed by atoms with Gasteiger partial charge in [-0.15, -0.1) is 11.3 Å². The normalized spacial score (nSPS) is 11.1. The van der Waals surface area contributed by atoms with Crippen molar-refractivity contribution in [1.29, 1.82) is 0 Å². The first-order chi connectivity index (χ1) is 14.6. The third kappa shape index (κ3) is 6.50. The number of hydrogen-bond acceptors (Lipinski definition) is 5. The van der Waals surface area contributed by atoms with Crippen LogP contribution >= 0.6 is 22.9 Å². The molecular weight excluding hydrogens is 441 g/mol. The zero-order valence-corrected chi connectivity index (χ0v) is 18.7. The number of benzene rings is 2. The van der Waals surface area contributed by atoms with Crippen molar-refractivity contribution in [3.63, 3.8) is 0 Å². The molecule has 0 saturated carbocycles. The molecule has 3 rings (SSSR count). The molecule has 0 unspecified atom stereocenters. The zero-order valence-electron chi connectivity index (χ0n) is 17.2. The lowest BCUT2D eigenvalue weighted by Crippen LogP contribution is -2.27.